The van der Waals surface area contributed by atoms with Crippen molar-refractivity contribution in [1.82, 2.24) is 15.5 Å². The van der Waals surface area contributed by atoms with Crippen molar-refractivity contribution >= 4 is 5.96 Å². The van der Waals surface area contributed by atoms with Gasteiger partial charge < -0.3 is 24.7 Å². The molecule has 3 heterocycles. The van der Waals surface area contributed by atoms with Crippen molar-refractivity contribution in [1.29, 1.82) is 0 Å². The van der Waals surface area contributed by atoms with Gasteiger partial charge in [-0.2, -0.15) is 0 Å². The molecule has 3 aliphatic rings. The number of hydrogen-bond acceptors (Lipinski definition) is 4. The van der Waals surface area contributed by atoms with Crippen molar-refractivity contribution in [2.24, 2.45) is 4.99 Å². The highest BCUT2D eigenvalue weighted by Gasteiger charge is 2.31. The molecule has 144 valence electrons. The summed E-state index contributed by atoms with van der Waals surface area (Å²) in [6, 6.07) is 5.36. The van der Waals surface area contributed by atoms with Crippen LogP contribution in [0.25, 0.3) is 0 Å². The molecule has 26 heavy (non-hydrogen) atoms. The highest BCUT2D eigenvalue weighted by molar-refractivity contribution is 5.80. The van der Waals surface area contributed by atoms with E-state index in [9.17, 15) is 0 Å². The molecular formula is C20H32N4O2. The quantitative estimate of drug-likeness (QED) is 0.576. The average molecular weight is 361 g/mol. The van der Waals surface area contributed by atoms with Crippen molar-refractivity contribution in [3.8, 4) is 0 Å². The second kappa shape index (κ2) is 8.91. The summed E-state index contributed by atoms with van der Waals surface area (Å²) >= 11 is 0. The second-order valence-corrected chi connectivity index (χ2v) is 7.77. The lowest BCUT2D eigenvalue weighted by atomic mass is 10.1. The van der Waals surface area contributed by atoms with E-state index >= 15 is 0 Å². The lowest BCUT2D eigenvalue weighted by Gasteiger charge is -2.33. The number of hydrogen-bond donors (Lipinski definition) is 2. The third-order valence-electron chi connectivity index (χ3n) is 5.65. The molecule has 1 atom stereocenters. The molecule has 1 unspecified atom stereocenters. The van der Waals surface area contributed by atoms with Gasteiger partial charge in [0, 0.05) is 44.7 Å². The van der Waals surface area contributed by atoms with Crippen LogP contribution in [0.1, 0.15) is 44.3 Å². The smallest absolute Gasteiger partial charge is 0.191 e. The SMILES string of the molecule is c1coc(CCNC(=NCC2CCCO2)NC2CCN(C3CC3)CC2)c1. The van der Waals surface area contributed by atoms with Crippen molar-refractivity contribution in [3.63, 3.8) is 0 Å². The zero-order valence-corrected chi connectivity index (χ0v) is 15.7. The van der Waals surface area contributed by atoms with Gasteiger partial charge in [-0.1, -0.05) is 0 Å². The van der Waals surface area contributed by atoms with E-state index in [0.29, 0.717) is 6.04 Å². The summed E-state index contributed by atoms with van der Waals surface area (Å²) in [5, 5.41) is 7.15. The van der Waals surface area contributed by atoms with E-state index in [1.807, 2.05) is 12.1 Å². The van der Waals surface area contributed by atoms with Crippen LogP contribution in [-0.4, -0.2) is 61.8 Å². The molecule has 4 rings (SSSR count). The van der Waals surface area contributed by atoms with Gasteiger partial charge in [0.2, 0.25) is 0 Å². The first-order chi connectivity index (χ1) is 12.9. The molecule has 0 radical (unpaired) electrons. The monoisotopic (exact) mass is 360 g/mol. The number of nitrogens with zero attached hydrogens (tertiary/aromatic N) is 2. The van der Waals surface area contributed by atoms with Crippen LogP contribution >= 0.6 is 0 Å². The maximum absolute atomic E-state index is 5.72. The largest absolute Gasteiger partial charge is 0.469 e. The molecule has 2 N–H and O–H groups in total. The van der Waals surface area contributed by atoms with Gasteiger partial charge in [0.1, 0.15) is 5.76 Å². The molecule has 1 saturated carbocycles. The molecule has 1 aromatic rings. The van der Waals surface area contributed by atoms with Gasteiger partial charge in [0.25, 0.3) is 0 Å². The van der Waals surface area contributed by atoms with Gasteiger partial charge >= 0.3 is 0 Å². The summed E-state index contributed by atoms with van der Waals surface area (Å²) in [5.41, 5.74) is 0. The Morgan fingerprint density at radius 1 is 1.19 bits per heavy atom. The molecule has 2 saturated heterocycles. The Morgan fingerprint density at radius 2 is 2.08 bits per heavy atom. The van der Waals surface area contributed by atoms with E-state index in [1.165, 1.54) is 38.8 Å². The molecule has 1 aliphatic carbocycles. The fraction of sp³-hybridized carbons (Fsp3) is 0.750. The Morgan fingerprint density at radius 3 is 2.77 bits per heavy atom. The number of guanidine groups is 1. The van der Waals surface area contributed by atoms with E-state index < -0.39 is 0 Å². The molecule has 3 fully saturated rings. The topological polar surface area (TPSA) is 62.0 Å². The van der Waals surface area contributed by atoms with Gasteiger partial charge in [-0.05, 0) is 50.7 Å². The molecule has 1 aromatic heterocycles. The fourth-order valence-corrected chi connectivity index (χ4v) is 3.93. The Bertz CT molecular complexity index is 556. The van der Waals surface area contributed by atoms with Gasteiger partial charge in [-0.15, -0.1) is 0 Å². The number of furan rings is 1. The van der Waals surface area contributed by atoms with Crippen molar-refractivity contribution < 1.29 is 9.15 Å². The summed E-state index contributed by atoms with van der Waals surface area (Å²) in [6.07, 6.45) is 10.4. The van der Waals surface area contributed by atoms with Crippen LogP contribution < -0.4 is 10.6 Å². The standard InChI is InChI=1S/C20H32N4O2/c1-3-18(25-13-1)7-10-21-20(22-15-19-4-2-14-26-19)23-16-8-11-24(12-9-16)17-5-6-17/h1,3,13,16-17,19H,2,4-12,14-15H2,(H2,21,22,23). The number of rotatable bonds is 7. The van der Waals surface area contributed by atoms with Crippen LogP contribution in [0.3, 0.4) is 0 Å². The van der Waals surface area contributed by atoms with E-state index in [1.54, 1.807) is 6.26 Å². The van der Waals surface area contributed by atoms with Crippen LogP contribution in [0, 0.1) is 0 Å². The molecule has 6 heteroatoms. The van der Waals surface area contributed by atoms with E-state index in [2.05, 4.69) is 15.5 Å². The number of piperidine rings is 1. The maximum Gasteiger partial charge on any atom is 0.191 e. The second-order valence-electron chi connectivity index (χ2n) is 7.77. The van der Waals surface area contributed by atoms with Crippen molar-refractivity contribution in [3.05, 3.63) is 24.2 Å². The Balaban J connectivity index is 1.26. The Kier molecular flexibility index (Phi) is 6.12. The van der Waals surface area contributed by atoms with Crippen LogP contribution in [0.15, 0.2) is 27.8 Å². The van der Waals surface area contributed by atoms with Crippen LogP contribution in [0.4, 0.5) is 0 Å². The molecule has 0 bridgehead atoms. The highest BCUT2D eigenvalue weighted by atomic mass is 16.5. The minimum absolute atomic E-state index is 0.287. The summed E-state index contributed by atoms with van der Waals surface area (Å²) in [4.78, 5) is 7.47. The molecule has 6 nitrogen and oxygen atoms in total. The maximum atomic E-state index is 5.72. The summed E-state index contributed by atoms with van der Waals surface area (Å²) in [5.74, 6) is 1.94. The first-order valence-electron chi connectivity index (χ1n) is 10.3. The summed E-state index contributed by atoms with van der Waals surface area (Å²) in [7, 11) is 0. The molecule has 2 aliphatic heterocycles. The number of likely N-dealkylation sites (tertiary alicyclic amines) is 1. The first kappa shape index (κ1) is 17.9. The van der Waals surface area contributed by atoms with Crippen molar-refractivity contribution in [2.75, 3.05) is 32.8 Å². The summed E-state index contributed by atoms with van der Waals surface area (Å²) in [6.45, 7) is 4.89. The van der Waals surface area contributed by atoms with E-state index in [-0.39, 0.29) is 6.10 Å². The average Bonchev–Trinajstić information content (AvgIpc) is 3.15. The van der Waals surface area contributed by atoms with Crippen molar-refractivity contribution in [2.45, 2.75) is 63.1 Å². The normalized spacial score (nSPS) is 25.5. The molecular weight excluding hydrogens is 328 g/mol. The van der Waals surface area contributed by atoms with Gasteiger partial charge in [-0.25, -0.2) is 0 Å². The lowest BCUT2D eigenvalue weighted by Crippen LogP contribution is -2.49. The zero-order chi connectivity index (χ0) is 17.6. The highest BCUT2D eigenvalue weighted by Crippen LogP contribution is 2.29. The minimum atomic E-state index is 0.287. The third kappa shape index (κ3) is 5.24. The van der Waals surface area contributed by atoms with Gasteiger partial charge in [0.15, 0.2) is 5.96 Å². The number of aliphatic imine (C=N–C) groups is 1. The zero-order valence-electron chi connectivity index (χ0n) is 15.7. The predicted molar refractivity (Wildman–Crippen MR) is 102 cm³/mol. The Hall–Kier alpha value is -1.53. The fourth-order valence-electron chi connectivity index (χ4n) is 3.93. The van der Waals surface area contributed by atoms with Crippen LogP contribution in [-0.2, 0) is 11.2 Å². The van der Waals surface area contributed by atoms with Gasteiger partial charge in [0.05, 0.1) is 18.9 Å². The predicted octanol–water partition coefficient (Wildman–Crippen LogP) is 2.16. The first-order valence-corrected chi connectivity index (χ1v) is 10.3. The van der Waals surface area contributed by atoms with Crippen LogP contribution in [0.5, 0.6) is 0 Å². The molecule has 0 aromatic carbocycles. The molecule has 0 amide bonds. The minimum Gasteiger partial charge on any atom is -0.469 e. The third-order valence-corrected chi connectivity index (χ3v) is 5.65. The van der Waals surface area contributed by atoms with E-state index in [0.717, 1.165) is 56.7 Å². The lowest BCUT2D eigenvalue weighted by molar-refractivity contribution is 0.117. The van der Waals surface area contributed by atoms with E-state index in [4.69, 9.17) is 14.1 Å². The number of nitrogens with one attached hydrogen (secondary N) is 2. The van der Waals surface area contributed by atoms with Crippen LogP contribution in [0.2, 0.25) is 0 Å². The Labute approximate surface area is 156 Å². The summed E-state index contributed by atoms with van der Waals surface area (Å²) < 4.78 is 11.1. The number of ether oxygens (including phenoxy) is 1. The van der Waals surface area contributed by atoms with Gasteiger partial charge in [-0.3, -0.25) is 4.99 Å². The molecule has 0 spiro atoms.